The number of nitrogens with zero attached hydrogens (tertiary/aromatic N) is 3. The summed E-state index contributed by atoms with van der Waals surface area (Å²) < 4.78 is 14.2. The van der Waals surface area contributed by atoms with Gasteiger partial charge in [0.05, 0.1) is 5.69 Å². The van der Waals surface area contributed by atoms with Crippen LogP contribution in [0.15, 0.2) is 41.2 Å². The summed E-state index contributed by atoms with van der Waals surface area (Å²) in [6, 6.07) is 8.31. The molecule has 0 bridgehead atoms. The fraction of sp³-hybridized carbons (Fsp3) is 0.353. The minimum absolute atomic E-state index is 0. The number of aromatic nitrogens is 2. The average Bonchev–Trinajstić information content (AvgIpc) is 3.04. The monoisotopic (exact) mass is 366 g/mol. The van der Waals surface area contributed by atoms with Crippen molar-refractivity contribution in [1.29, 1.82) is 0 Å². The second-order valence-corrected chi connectivity index (χ2v) is 5.80. The van der Waals surface area contributed by atoms with Crippen LogP contribution in [-0.2, 0) is 0 Å². The summed E-state index contributed by atoms with van der Waals surface area (Å²) in [4.78, 5) is 26.6. The molecule has 1 fully saturated rings. The second kappa shape index (κ2) is 8.22. The van der Waals surface area contributed by atoms with Gasteiger partial charge in [-0.1, -0.05) is 0 Å². The van der Waals surface area contributed by atoms with Gasteiger partial charge in [0, 0.05) is 25.2 Å². The number of rotatable bonds is 4. The third-order valence-electron chi connectivity index (χ3n) is 4.17. The summed E-state index contributed by atoms with van der Waals surface area (Å²) in [7, 11) is 1.86. The van der Waals surface area contributed by atoms with Gasteiger partial charge in [0.25, 0.3) is 11.5 Å². The van der Waals surface area contributed by atoms with Crippen LogP contribution < -0.4 is 10.9 Å². The largest absolute Gasteiger partial charge is 0.333 e. The first kappa shape index (κ1) is 19.1. The fourth-order valence-corrected chi connectivity index (χ4v) is 2.99. The number of nitrogens with one attached hydrogen (secondary N) is 1. The van der Waals surface area contributed by atoms with Crippen LogP contribution >= 0.6 is 12.4 Å². The van der Waals surface area contributed by atoms with Crippen LogP contribution in [0.5, 0.6) is 0 Å². The molecule has 1 unspecified atom stereocenters. The standard InChI is InChI=1S/C17H19FN4O2.ClH/c1-19-11-14-3-2-10-21(14)17(24)15-8-9-16(23)22(20-15)13-6-4-12(18)5-7-13;/h4-9,14,19H,2-3,10-11H2,1H3;1H. The van der Waals surface area contributed by atoms with Gasteiger partial charge < -0.3 is 10.2 Å². The van der Waals surface area contributed by atoms with E-state index in [-0.39, 0.29) is 35.6 Å². The van der Waals surface area contributed by atoms with E-state index in [2.05, 4.69) is 10.4 Å². The first-order chi connectivity index (χ1) is 11.6. The molecule has 1 aliphatic rings. The number of hydrogen-bond acceptors (Lipinski definition) is 4. The van der Waals surface area contributed by atoms with Crippen molar-refractivity contribution in [3.63, 3.8) is 0 Å². The van der Waals surface area contributed by atoms with Gasteiger partial charge in [-0.3, -0.25) is 9.59 Å². The van der Waals surface area contributed by atoms with Crippen LogP contribution in [0, 0.1) is 5.82 Å². The van der Waals surface area contributed by atoms with Crippen molar-refractivity contribution in [2.45, 2.75) is 18.9 Å². The van der Waals surface area contributed by atoms with E-state index in [0.717, 1.165) is 24.1 Å². The molecule has 2 aromatic rings. The lowest BCUT2D eigenvalue weighted by Crippen LogP contribution is -2.41. The fourth-order valence-electron chi connectivity index (χ4n) is 2.99. The maximum Gasteiger partial charge on any atom is 0.274 e. The molecule has 0 saturated carbocycles. The normalized spacial score (nSPS) is 16.6. The highest BCUT2D eigenvalue weighted by Crippen LogP contribution is 2.19. The van der Waals surface area contributed by atoms with Gasteiger partial charge in [-0.15, -0.1) is 12.4 Å². The van der Waals surface area contributed by atoms with Gasteiger partial charge in [-0.05, 0) is 50.2 Å². The molecule has 0 aliphatic carbocycles. The van der Waals surface area contributed by atoms with Crippen molar-refractivity contribution in [1.82, 2.24) is 20.0 Å². The molecule has 1 aromatic carbocycles. The minimum Gasteiger partial charge on any atom is -0.333 e. The quantitative estimate of drug-likeness (QED) is 0.892. The molecule has 1 aliphatic heterocycles. The topological polar surface area (TPSA) is 67.2 Å². The van der Waals surface area contributed by atoms with E-state index in [9.17, 15) is 14.0 Å². The number of likely N-dealkylation sites (N-methyl/N-ethyl adjacent to an activating group) is 1. The molecule has 8 heteroatoms. The van der Waals surface area contributed by atoms with Crippen molar-refractivity contribution >= 4 is 18.3 Å². The van der Waals surface area contributed by atoms with Crippen LogP contribution in [0.2, 0.25) is 0 Å². The summed E-state index contributed by atoms with van der Waals surface area (Å²) in [5, 5.41) is 7.27. The smallest absolute Gasteiger partial charge is 0.274 e. The Balaban J connectivity index is 0.00000225. The Labute approximate surface area is 151 Å². The number of benzene rings is 1. The Hall–Kier alpha value is -2.25. The number of halogens is 2. The van der Waals surface area contributed by atoms with Crippen LogP contribution in [0.4, 0.5) is 4.39 Å². The number of likely N-dealkylation sites (tertiary alicyclic amines) is 1. The Morgan fingerprint density at radius 1 is 1.28 bits per heavy atom. The van der Waals surface area contributed by atoms with Crippen molar-refractivity contribution in [3.05, 3.63) is 58.3 Å². The Morgan fingerprint density at radius 3 is 2.68 bits per heavy atom. The zero-order chi connectivity index (χ0) is 17.1. The molecule has 25 heavy (non-hydrogen) atoms. The Bertz CT molecular complexity index is 794. The molecule has 1 aromatic heterocycles. The highest BCUT2D eigenvalue weighted by atomic mass is 35.5. The molecule has 0 radical (unpaired) electrons. The van der Waals surface area contributed by atoms with Crippen LogP contribution in [0.25, 0.3) is 5.69 Å². The minimum atomic E-state index is -0.397. The van der Waals surface area contributed by atoms with Crippen molar-refractivity contribution in [3.8, 4) is 5.69 Å². The molecule has 1 amide bonds. The zero-order valence-corrected chi connectivity index (χ0v) is 14.6. The number of carbonyl (C=O) groups is 1. The van der Waals surface area contributed by atoms with E-state index < -0.39 is 5.82 Å². The third-order valence-corrected chi connectivity index (χ3v) is 4.17. The van der Waals surface area contributed by atoms with Crippen molar-refractivity contribution < 1.29 is 9.18 Å². The Morgan fingerprint density at radius 2 is 2.00 bits per heavy atom. The van der Waals surface area contributed by atoms with Crippen LogP contribution in [0.3, 0.4) is 0 Å². The van der Waals surface area contributed by atoms with E-state index in [1.54, 1.807) is 4.90 Å². The summed E-state index contributed by atoms with van der Waals surface area (Å²) in [5.74, 6) is -0.588. The van der Waals surface area contributed by atoms with E-state index in [1.807, 2.05) is 7.05 Å². The van der Waals surface area contributed by atoms with E-state index in [0.29, 0.717) is 12.2 Å². The van der Waals surface area contributed by atoms with Crippen LogP contribution in [-0.4, -0.2) is 46.8 Å². The maximum atomic E-state index is 13.1. The summed E-state index contributed by atoms with van der Waals surface area (Å²) in [5.41, 5.74) is 0.262. The van der Waals surface area contributed by atoms with Gasteiger partial charge in [-0.25, -0.2) is 4.39 Å². The highest BCUT2D eigenvalue weighted by Gasteiger charge is 2.29. The lowest BCUT2D eigenvalue weighted by Gasteiger charge is -2.24. The molecule has 134 valence electrons. The predicted octanol–water partition coefficient (Wildman–Crippen LogP) is 1.62. The highest BCUT2D eigenvalue weighted by molar-refractivity contribution is 5.92. The number of amides is 1. The second-order valence-electron chi connectivity index (χ2n) is 5.80. The van der Waals surface area contributed by atoms with Gasteiger partial charge in [0.15, 0.2) is 0 Å². The SMILES string of the molecule is CNCC1CCCN1C(=O)c1ccc(=O)n(-c2ccc(F)cc2)n1.Cl. The predicted molar refractivity (Wildman–Crippen MR) is 95.0 cm³/mol. The van der Waals surface area contributed by atoms with E-state index >= 15 is 0 Å². The lowest BCUT2D eigenvalue weighted by atomic mass is 10.2. The zero-order valence-electron chi connectivity index (χ0n) is 13.8. The number of carbonyl (C=O) groups excluding carboxylic acids is 1. The summed E-state index contributed by atoms with van der Waals surface area (Å²) in [6.07, 6.45) is 1.90. The molecular formula is C17H20ClFN4O2. The molecule has 1 N–H and O–H groups in total. The molecule has 1 saturated heterocycles. The molecule has 0 spiro atoms. The maximum absolute atomic E-state index is 13.1. The van der Waals surface area contributed by atoms with Gasteiger partial charge >= 0.3 is 0 Å². The van der Waals surface area contributed by atoms with Gasteiger partial charge in [0.1, 0.15) is 11.5 Å². The van der Waals surface area contributed by atoms with Gasteiger partial charge in [-0.2, -0.15) is 9.78 Å². The third kappa shape index (κ3) is 4.05. The summed E-state index contributed by atoms with van der Waals surface area (Å²) >= 11 is 0. The Kier molecular flexibility index (Phi) is 6.27. The van der Waals surface area contributed by atoms with Crippen LogP contribution in [0.1, 0.15) is 23.3 Å². The average molecular weight is 367 g/mol. The molecule has 2 heterocycles. The number of hydrogen-bond donors (Lipinski definition) is 1. The molecular weight excluding hydrogens is 347 g/mol. The van der Waals surface area contributed by atoms with Gasteiger partial charge in [0.2, 0.25) is 0 Å². The molecule has 1 atom stereocenters. The molecule has 3 rings (SSSR count). The lowest BCUT2D eigenvalue weighted by molar-refractivity contribution is 0.0729. The summed E-state index contributed by atoms with van der Waals surface area (Å²) in [6.45, 7) is 1.41. The van der Waals surface area contributed by atoms with E-state index in [1.165, 1.54) is 36.4 Å². The van der Waals surface area contributed by atoms with E-state index in [4.69, 9.17) is 0 Å². The first-order valence-electron chi connectivity index (χ1n) is 7.92. The first-order valence-corrected chi connectivity index (χ1v) is 7.92. The van der Waals surface area contributed by atoms with Crippen molar-refractivity contribution in [2.24, 2.45) is 0 Å². The van der Waals surface area contributed by atoms with Crippen molar-refractivity contribution in [2.75, 3.05) is 20.1 Å². The molecule has 6 nitrogen and oxygen atoms in total.